The lowest BCUT2D eigenvalue weighted by molar-refractivity contribution is 0.627. The minimum Gasteiger partial charge on any atom is -0.366 e. The Morgan fingerprint density at radius 2 is 1.79 bits per heavy atom. The average Bonchev–Trinajstić information content (AvgIpc) is 2.62. The summed E-state index contributed by atoms with van der Waals surface area (Å²) in [6.07, 6.45) is 2.64. The minimum atomic E-state index is -0.234. The average molecular weight is 322 g/mol. The van der Waals surface area contributed by atoms with Gasteiger partial charge in [-0.15, -0.1) is 0 Å². The van der Waals surface area contributed by atoms with E-state index in [9.17, 15) is 4.39 Å². The molecule has 0 saturated heterocycles. The zero-order chi connectivity index (χ0) is 16.8. The van der Waals surface area contributed by atoms with Gasteiger partial charge in [0.25, 0.3) is 0 Å². The molecule has 0 unspecified atom stereocenters. The summed E-state index contributed by atoms with van der Waals surface area (Å²) in [5.74, 6) is 1.02. The number of aromatic nitrogens is 2. The highest BCUT2D eigenvalue weighted by Gasteiger charge is 2.03. The van der Waals surface area contributed by atoms with Crippen molar-refractivity contribution in [1.29, 1.82) is 0 Å². The monoisotopic (exact) mass is 322 g/mol. The molecule has 0 aliphatic rings. The van der Waals surface area contributed by atoms with Crippen LogP contribution >= 0.6 is 0 Å². The molecular weight excluding hydrogens is 303 g/mol. The van der Waals surface area contributed by atoms with Crippen LogP contribution in [0.2, 0.25) is 0 Å². The second-order valence-electron chi connectivity index (χ2n) is 5.38. The molecule has 3 aromatic rings. The lowest BCUT2D eigenvalue weighted by atomic mass is 10.1. The van der Waals surface area contributed by atoms with Crippen LogP contribution in [0, 0.1) is 5.82 Å². The predicted octanol–water partition coefficient (Wildman–Crippen LogP) is 4.53. The third kappa shape index (κ3) is 4.07. The van der Waals surface area contributed by atoms with Crippen molar-refractivity contribution in [3.63, 3.8) is 0 Å². The number of anilines is 3. The summed E-state index contributed by atoms with van der Waals surface area (Å²) in [7, 11) is 0. The molecule has 5 heteroatoms. The van der Waals surface area contributed by atoms with Gasteiger partial charge in [0.05, 0.1) is 0 Å². The quantitative estimate of drug-likeness (QED) is 0.700. The van der Waals surface area contributed by atoms with E-state index in [0.717, 1.165) is 17.7 Å². The molecule has 122 valence electrons. The van der Waals surface area contributed by atoms with Crippen molar-refractivity contribution in [3.05, 3.63) is 77.7 Å². The van der Waals surface area contributed by atoms with E-state index in [1.54, 1.807) is 24.4 Å². The van der Waals surface area contributed by atoms with Gasteiger partial charge in [0, 0.05) is 18.4 Å². The number of para-hydroxylation sites is 1. The number of benzene rings is 2. The number of nitrogens with zero attached hydrogens (tertiary/aromatic N) is 2. The SMILES string of the molecule is CCc1ccccc1Nc1nccc(NCc2ccc(F)cc2)n1. The van der Waals surface area contributed by atoms with Crippen molar-refractivity contribution in [2.45, 2.75) is 19.9 Å². The van der Waals surface area contributed by atoms with Crippen molar-refractivity contribution in [3.8, 4) is 0 Å². The van der Waals surface area contributed by atoms with E-state index in [-0.39, 0.29) is 5.82 Å². The molecule has 0 atom stereocenters. The summed E-state index contributed by atoms with van der Waals surface area (Å²) in [6, 6.07) is 16.3. The second-order valence-corrected chi connectivity index (χ2v) is 5.38. The molecule has 1 heterocycles. The maximum absolute atomic E-state index is 12.9. The van der Waals surface area contributed by atoms with E-state index < -0.39 is 0 Å². The van der Waals surface area contributed by atoms with Crippen LogP contribution in [0.1, 0.15) is 18.1 Å². The molecule has 0 saturated carbocycles. The number of hydrogen-bond donors (Lipinski definition) is 2. The van der Waals surface area contributed by atoms with Crippen LogP contribution in [-0.4, -0.2) is 9.97 Å². The summed E-state index contributed by atoms with van der Waals surface area (Å²) < 4.78 is 12.9. The first-order valence-corrected chi connectivity index (χ1v) is 7.91. The Morgan fingerprint density at radius 1 is 1.00 bits per heavy atom. The predicted molar refractivity (Wildman–Crippen MR) is 94.9 cm³/mol. The lowest BCUT2D eigenvalue weighted by Crippen LogP contribution is -2.05. The number of nitrogens with one attached hydrogen (secondary N) is 2. The molecule has 24 heavy (non-hydrogen) atoms. The molecule has 2 aromatic carbocycles. The Morgan fingerprint density at radius 3 is 2.58 bits per heavy atom. The van der Waals surface area contributed by atoms with Gasteiger partial charge in [0.1, 0.15) is 11.6 Å². The van der Waals surface area contributed by atoms with Gasteiger partial charge in [0.2, 0.25) is 5.95 Å². The van der Waals surface area contributed by atoms with Crippen LogP contribution in [0.25, 0.3) is 0 Å². The van der Waals surface area contributed by atoms with Crippen molar-refractivity contribution in [2.75, 3.05) is 10.6 Å². The normalized spacial score (nSPS) is 10.4. The Balaban J connectivity index is 1.68. The molecule has 0 fully saturated rings. The Labute approximate surface area is 140 Å². The number of halogens is 1. The second kappa shape index (κ2) is 7.55. The van der Waals surface area contributed by atoms with Gasteiger partial charge in [-0.3, -0.25) is 0 Å². The van der Waals surface area contributed by atoms with Crippen molar-refractivity contribution < 1.29 is 4.39 Å². The fourth-order valence-electron chi connectivity index (χ4n) is 2.38. The highest BCUT2D eigenvalue weighted by molar-refractivity contribution is 5.59. The van der Waals surface area contributed by atoms with Gasteiger partial charge < -0.3 is 10.6 Å². The lowest BCUT2D eigenvalue weighted by Gasteiger charge is -2.11. The summed E-state index contributed by atoms with van der Waals surface area (Å²) >= 11 is 0. The maximum atomic E-state index is 12.9. The molecule has 0 spiro atoms. The molecule has 0 aliphatic carbocycles. The highest BCUT2D eigenvalue weighted by atomic mass is 19.1. The Kier molecular flexibility index (Phi) is 5.01. The summed E-state index contributed by atoms with van der Waals surface area (Å²) in [6.45, 7) is 2.68. The summed E-state index contributed by atoms with van der Waals surface area (Å²) in [4.78, 5) is 8.73. The first-order valence-electron chi connectivity index (χ1n) is 7.91. The van der Waals surface area contributed by atoms with Gasteiger partial charge in [-0.25, -0.2) is 9.37 Å². The fraction of sp³-hybridized carbons (Fsp3) is 0.158. The first-order chi connectivity index (χ1) is 11.7. The van der Waals surface area contributed by atoms with Crippen LogP contribution < -0.4 is 10.6 Å². The fourth-order valence-corrected chi connectivity index (χ4v) is 2.38. The van der Waals surface area contributed by atoms with Crippen molar-refractivity contribution in [1.82, 2.24) is 9.97 Å². The van der Waals surface area contributed by atoms with Crippen LogP contribution in [0.3, 0.4) is 0 Å². The smallest absolute Gasteiger partial charge is 0.229 e. The summed E-state index contributed by atoms with van der Waals surface area (Å²) in [5.41, 5.74) is 3.21. The Hall–Kier alpha value is -2.95. The van der Waals surface area contributed by atoms with E-state index >= 15 is 0 Å². The molecule has 2 N–H and O–H groups in total. The number of aryl methyl sites for hydroxylation is 1. The largest absolute Gasteiger partial charge is 0.366 e. The zero-order valence-corrected chi connectivity index (χ0v) is 13.5. The summed E-state index contributed by atoms with van der Waals surface area (Å²) in [5, 5.41) is 6.48. The molecular formula is C19H19FN4. The third-order valence-corrected chi connectivity index (χ3v) is 3.69. The van der Waals surface area contributed by atoms with Gasteiger partial charge in [-0.1, -0.05) is 37.3 Å². The molecule has 0 bridgehead atoms. The van der Waals surface area contributed by atoms with Crippen LogP contribution in [0.15, 0.2) is 60.8 Å². The molecule has 0 radical (unpaired) electrons. The van der Waals surface area contributed by atoms with Gasteiger partial charge >= 0.3 is 0 Å². The van der Waals surface area contributed by atoms with E-state index in [1.807, 2.05) is 18.2 Å². The van der Waals surface area contributed by atoms with Crippen LogP contribution in [-0.2, 0) is 13.0 Å². The molecule has 3 rings (SSSR count). The molecule has 4 nitrogen and oxygen atoms in total. The van der Waals surface area contributed by atoms with E-state index in [4.69, 9.17) is 0 Å². The highest BCUT2D eigenvalue weighted by Crippen LogP contribution is 2.19. The molecule has 1 aromatic heterocycles. The topological polar surface area (TPSA) is 49.8 Å². The van der Waals surface area contributed by atoms with Gasteiger partial charge in [-0.05, 0) is 41.8 Å². The van der Waals surface area contributed by atoms with E-state index in [2.05, 4.69) is 33.6 Å². The van der Waals surface area contributed by atoms with Gasteiger partial charge in [0.15, 0.2) is 0 Å². The van der Waals surface area contributed by atoms with Crippen LogP contribution in [0.5, 0.6) is 0 Å². The Bertz CT molecular complexity index is 802. The zero-order valence-electron chi connectivity index (χ0n) is 13.5. The van der Waals surface area contributed by atoms with E-state index in [1.165, 1.54) is 17.7 Å². The first kappa shape index (κ1) is 15.9. The molecule has 0 amide bonds. The van der Waals surface area contributed by atoms with Crippen molar-refractivity contribution in [2.24, 2.45) is 0 Å². The minimum absolute atomic E-state index is 0.234. The standard InChI is InChI=1S/C19H19FN4/c1-2-15-5-3-4-6-17(15)23-19-21-12-11-18(24-19)22-13-14-7-9-16(20)10-8-14/h3-12H,2,13H2,1H3,(H2,21,22,23,24). The number of hydrogen-bond acceptors (Lipinski definition) is 4. The molecule has 0 aliphatic heterocycles. The van der Waals surface area contributed by atoms with Crippen molar-refractivity contribution >= 4 is 17.5 Å². The van der Waals surface area contributed by atoms with Crippen LogP contribution in [0.4, 0.5) is 21.8 Å². The van der Waals surface area contributed by atoms with Gasteiger partial charge in [-0.2, -0.15) is 4.98 Å². The maximum Gasteiger partial charge on any atom is 0.229 e. The van der Waals surface area contributed by atoms with E-state index in [0.29, 0.717) is 18.3 Å². The number of rotatable bonds is 6. The third-order valence-electron chi connectivity index (χ3n) is 3.69.